The van der Waals surface area contributed by atoms with Crippen molar-refractivity contribution in [2.45, 2.75) is 33.2 Å². The van der Waals surface area contributed by atoms with Gasteiger partial charge in [0.1, 0.15) is 0 Å². The lowest BCUT2D eigenvalue weighted by atomic mass is 10.0. The van der Waals surface area contributed by atoms with Gasteiger partial charge in [-0.3, -0.25) is 9.59 Å². The number of anilines is 1. The van der Waals surface area contributed by atoms with E-state index in [1.807, 2.05) is 56.3 Å². The summed E-state index contributed by atoms with van der Waals surface area (Å²) >= 11 is 0. The standard InChI is InChI=1S/C21H26N2O2/c1-4-17(5-2)20(24)22-19-14-10-9-13-18(19)21(25)23(3)15-16-11-7-6-8-12-16/h6-14,17H,4-5,15H2,1-3H3,(H,22,24). The molecule has 0 aliphatic heterocycles. The van der Waals surface area contributed by atoms with Crippen LogP contribution in [0.3, 0.4) is 0 Å². The summed E-state index contributed by atoms with van der Waals surface area (Å²) in [7, 11) is 1.77. The molecule has 0 aromatic heterocycles. The van der Waals surface area contributed by atoms with Gasteiger partial charge in [-0.25, -0.2) is 0 Å². The zero-order valence-corrected chi connectivity index (χ0v) is 15.2. The fraction of sp³-hybridized carbons (Fsp3) is 0.333. The van der Waals surface area contributed by atoms with Crippen LogP contribution in [0.15, 0.2) is 54.6 Å². The molecule has 4 nitrogen and oxygen atoms in total. The maximum atomic E-state index is 12.8. The van der Waals surface area contributed by atoms with E-state index in [4.69, 9.17) is 0 Å². The maximum Gasteiger partial charge on any atom is 0.256 e. The van der Waals surface area contributed by atoms with Gasteiger partial charge in [-0.05, 0) is 30.5 Å². The molecule has 0 unspecified atom stereocenters. The van der Waals surface area contributed by atoms with Gasteiger partial charge in [0.2, 0.25) is 5.91 Å². The molecule has 0 heterocycles. The van der Waals surface area contributed by atoms with E-state index in [1.165, 1.54) is 0 Å². The quantitative estimate of drug-likeness (QED) is 0.817. The highest BCUT2D eigenvalue weighted by atomic mass is 16.2. The SMILES string of the molecule is CCC(CC)C(=O)Nc1ccccc1C(=O)N(C)Cc1ccccc1. The fourth-order valence-corrected chi connectivity index (χ4v) is 2.81. The lowest BCUT2D eigenvalue weighted by molar-refractivity contribution is -0.120. The van der Waals surface area contributed by atoms with E-state index in [9.17, 15) is 9.59 Å². The van der Waals surface area contributed by atoms with Crippen LogP contribution in [-0.2, 0) is 11.3 Å². The Hall–Kier alpha value is -2.62. The molecule has 0 aliphatic rings. The average Bonchev–Trinajstić information content (AvgIpc) is 2.63. The number of carbonyl (C=O) groups is 2. The molecule has 2 aromatic carbocycles. The number of nitrogens with one attached hydrogen (secondary N) is 1. The molecule has 25 heavy (non-hydrogen) atoms. The molecule has 4 heteroatoms. The molecule has 0 saturated heterocycles. The van der Waals surface area contributed by atoms with Crippen molar-refractivity contribution >= 4 is 17.5 Å². The first-order valence-electron chi connectivity index (χ1n) is 8.76. The molecule has 0 spiro atoms. The maximum absolute atomic E-state index is 12.8. The van der Waals surface area contributed by atoms with Crippen LogP contribution in [0.25, 0.3) is 0 Å². The molecule has 1 N–H and O–H groups in total. The third-order valence-corrected chi connectivity index (χ3v) is 4.38. The molecule has 0 aliphatic carbocycles. The zero-order valence-electron chi connectivity index (χ0n) is 15.2. The zero-order chi connectivity index (χ0) is 18.2. The highest BCUT2D eigenvalue weighted by Crippen LogP contribution is 2.20. The number of rotatable bonds is 7. The normalized spacial score (nSPS) is 10.6. The van der Waals surface area contributed by atoms with Crippen molar-refractivity contribution in [3.63, 3.8) is 0 Å². The van der Waals surface area contributed by atoms with Crippen LogP contribution in [0, 0.1) is 5.92 Å². The molecule has 0 saturated carbocycles. The summed E-state index contributed by atoms with van der Waals surface area (Å²) in [6.45, 7) is 4.52. The van der Waals surface area contributed by atoms with E-state index in [2.05, 4.69) is 5.32 Å². The van der Waals surface area contributed by atoms with E-state index in [0.717, 1.165) is 18.4 Å². The summed E-state index contributed by atoms with van der Waals surface area (Å²) in [5.41, 5.74) is 2.15. The summed E-state index contributed by atoms with van der Waals surface area (Å²) in [5.74, 6) is -0.175. The van der Waals surface area contributed by atoms with Crippen LogP contribution in [-0.4, -0.2) is 23.8 Å². The van der Waals surface area contributed by atoms with Crippen molar-refractivity contribution in [1.29, 1.82) is 0 Å². The number of para-hydroxylation sites is 1. The molecule has 0 atom stereocenters. The van der Waals surface area contributed by atoms with Gasteiger partial charge in [-0.1, -0.05) is 56.3 Å². The Morgan fingerprint density at radius 1 is 0.960 bits per heavy atom. The molecular weight excluding hydrogens is 312 g/mol. The van der Waals surface area contributed by atoms with Crippen molar-refractivity contribution < 1.29 is 9.59 Å². The Balaban J connectivity index is 2.16. The van der Waals surface area contributed by atoms with E-state index in [1.54, 1.807) is 24.1 Å². The molecule has 132 valence electrons. The second-order valence-electron chi connectivity index (χ2n) is 6.20. The van der Waals surface area contributed by atoms with Crippen LogP contribution in [0.1, 0.15) is 42.6 Å². The van der Waals surface area contributed by atoms with Gasteiger partial charge in [-0.2, -0.15) is 0 Å². The van der Waals surface area contributed by atoms with Gasteiger partial charge in [0.25, 0.3) is 5.91 Å². The minimum Gasteiger partial charge on any atom is -0.337 e. The number of hydrogen-bond donors (Lipinski definition) is 1. The Morgan fingerprint density at radius 3 is 2.20 bits per heavy atom. The van der Waals surface area contributed by atoms with Crippen LogP contribution in [0.5, 0.6) is 0 Å². The van der Waals surface area contributed by atoms with Gasteiger partial charge in [-0.15, -0.1) is 0 Å². The molecule has 2 aromatic rings. The lowest BCUT2D eigenvalue weighted by Gasteiger charge is -2.20. The highest BCUT2D eigenvalue weighted by Gasteiger charge is 2.19. The summed E-state index contributed by atoms with van der Waals surface area (Å²) in [4.78, 5) is 26.9. The van der Waals surface area contributed by atoms with Gasteiger partial charge in [0.05, 0.1) is 11.3 Å². The van der Waals surface area contributed by atoms with Gasteiger partial charge in [0.15, 0.2) is 0 Å². The number of amides is 2. The summed E-state index contributed by atoms with van der Waals surface area (Å²) in [6, 6.07) is 17.0. The Bertz CT molecular complexity index is 709. The van der Waals surface area contributed by atoms with Crippen molar-refractivity contribution in [3.05, 3.63) is 65.7 Å². The first-order valence-corrected chi connectivity index (χ1v) is 8.76. The largest absolute Gasteiger partial charge is 0.337 e. The third kappa shape index (κ3) is 4.92. The van der Waals surface area contributed by atoms with E-state index in [0.29, 0.717) is 17.8 Å². The van der Waals surface area contributed by atoms with Crippen molar-refractivity contribution in [3.8, 4) is 0 Å². The highest BCUT2D eigenvalue weighted by molar-refractivity contribution is 6.04. The Labute approximate surface area is 149 Å². The second kappa shape index (κ2) is 9.02. The summed E-state index contributed by atoms with van der Waals surface area (Å²) < 4.78 is 0. The lowest BCUT2D eigenvalue weighted by Crippen LogP contribution is -2.28. The molecule has 2 rings (SSSR count). The third-order valence-electron chi connectivity index (χ3n) is 4.38. The number of hydrogen-bond acceptors (Lipinski definition) is 2. The van der Waals surface area contributed by atoms with Crippen molar-refractivity contribution in [2.24, 2.45) is 5.92 Å². The van der Waals surface area contributed by atoms with Crippen LogP contribution < -0.4 is 5.32 Å². The van der Waals surface area contributed by atoms with E-state index >= 15 is 0 Å². The van der Waals surface area contributed by atoms with Crippen molar-refractivity contribution in [1.82, 2.24) is 4.90 Å². The van der Waals surface area contributed by atoms with Crippen LogP contribution >= 0.6 is 0 Å². The van der Waals surface area contributed by atoms with E-state index in [-0.39, 0.29) is 17.7 Å². The minimum atomic E-state index is -0.107. The number of nitrogens with zero attached hydrogens (tertiary/aromatic N) is 1. The van der Waals surface area contributed by atoms with Crippen molar-refractivity contribution in [2.75, 3.05) is 12.4 Å². The smallest absolute Gasteiger partial charge is 0.256 e. The van der Waals surface area contributed by atoms with Crippen LogP contribution in [0.4, 0.5) is 5.69 Å². The van der Waals surface area contributed by atoms with Gasteiger partial charge >= 0.3 is 0 Å². The van der Waals surface area contributed by atoms with Gasteiger partial charge in [0, 0.05) is 19.5 Å². The minimum absolute atomic E-state index is 0.0315. The summed E-state index contributed by atoms with van der Waals surface area (Å²) in [6.07, 6.45) is 1.57. The number of carbonyl (C=O) groups excluding carboxylic acids is 2. The first kappa shape index (κ1) is 18.7. The fourth-order valence-electron chi connectivity index (χ4n) is 2.81. The van der Waals surface area contributed by atoms with E-state index < -0.39 is 0 Å². The van der Waals surface area contributed by atoms with Crippen LogP contribution in [0.2, 0.25) is 0 Å². The molecule has 0 fully saturated rings. The predicted molar refractivity (Wildman–Crippen MR) is 101 cm³/mol. The monoisotopic (exact) mass is 338 g/mol. The molecule has 0 radical (unpaired) electrons. The predicted octanol–water partition coefficient (Wildman–Crippen LogP) is 4.33. The molecule has 0 bridgehead atoms. The molecule has 2 amide bonds. The molecular formula is C21H26N2O2. The Kier molecular flexibility index (Phi) is 6.75. The second-order valence-corrected chi connectivity index (χ2v) is 6.20. The van der Waals surface area contributed by atoms with Gasteiger partial charge < -0.3 is 10.2 Å². The topological polar surface area (TPSA) is 49.4 Å². The Morgan fingerprint density at radius 2 is 1.56 bits per heavy atom. The number of benzene rings is 2. The summed E-state index contributed by atoms with van der Waals surface area (Å²) in [5, 5.41) is 2.93. The first-order chi connectivity index (χ1) is 12.1. The average molecular weight is 338 g/mol.